The molecule has 0 amide bonds. The van der Waals surface area contributed by atoms with E-state index >= 15 is 0 Å². The van der Waals surface area contributed by atoms with Crippen molar-refractivity contribution in [3.05, 3.63) is 11.6 Å². The number of carbonyl (C=O) groups excluding carboxylic acids is 3. The Morgan fingerprint density at radius 3 is 2.43 bits per heavy atom. The molecule has 0 aromatic carbocycles. The normalized spacial score (nSPS) is 49.3. The van der Waals surface area contributed by atoms with Gasteiger partial charge in [-0.3, -0.25) is 14.4 Å². The maximum Gasteiger partial charge on any atom is 0.155 e. The van der Waals surface area contributed by atoms with Gasteiger partial charge in [-0.15, -0.1) is 0 Å². The third-order valence-electron chi connectivity index (χ3n) is 7.59. The van der Waals surface area contributed by atoms with Crippen molar-refractivity contribution >= 4 is 30.0 Å². The van der Waals surface area contributed by atoms with Gasteiger partial charge in [0.25, 0.3) is 0 Å². The minimum atomic E-state index is -0.716. The van der Waals surface area contributed by atoms with Crippen LogP contribution in [0.5, 0.6) is 0 Å². The molecule has 0 bridgehead atoms. The number of thiol groups is 1. The molecule has 0 aromatic rings. The number of ketones is 3. The summed E-state index contributed by atoms with van der Waals surface area (Å²) in [7, 11) is 0. The number of carbonyl (C=O) groups is 3. The van der Waals surface area contributed by atoms with Gasteiger partial charge in [-0.25, -0.2) is 0 Å². The van der Waals surface area contributed by atoms with Crippen molar-refractivity contribution in [2.24, 2.45) is 22.7 Å². The Labute approximate surface area is 142 Å². The molecule has 0 heterocycles. The second kappa shape index (κ2) is 4.59. The molecule has 0 spiro atoms. The average molecular weight is 332 g/mol. The number of hydrogen-bond donors (Lipinski definition) is 1. The number of fused-ring (bicyclic) bond motifs is 5. The van der Waals surface area contributed by atoms with Crippen LogP contribution in [0.25, 0.3) is 0 Å². The monoisotopic (exact) mass is 332 g/mol. The highest BCUT2D eigenvalue weighted by Crippen LogP contribution is 2.67. The predicted molar refractivity (Wildman–Crippen MR) is 90.3 cm³/mol. The second-order valence-electron chi connectivity index (χ2n) is 8.47. The minimum absolute atomic E-state index is 0.127. The average Bonchev–Trinajstić information content (AvgIpc) is 2.77. The first-order valence-electron chi connectivity index (χ1n) is 8.76. The molecule has 3 saturated carbocycles. The first-order valence-corrected chi connectivity index (χ1v) is 9.21. The Kier molecular flexibility index (Phi) is 3.12. The van der Waals surface area contributed by atoms with Gasteiger partial charge < -0.3 is 0 Å². The zero-order chi connectivity index (χ0) is 16.6. The van der Waals surface area contributed by atoms with Crippen LogP contribution in [0.15, 0.2) is 11.6 Å². The fourth-order valence-corrected chi connectivity index (χ4v) is 6.76. The number of hydrogen-bond acceptors (Lipinski definition) is 4. The molecule has 23 heavy (non-hydrogen) atoms. The van der Waals surface area contributed by atoms with Gasteiger partial charge in [-0.05, 0) is 43.6 Å². The Hall–Kier alpha value is -0.900. The SMILES string of the molecule is C[C@]12CCC(=O)C=C1CC[C@H]1[C@@H]3CCC(=O)[C@@]3(C)CC(=O)[C@@]12S. The van der Waals surface area contributed by atoms with Crippen molar-refractivity contribution in [2.75, 3.05) is 0 Å². The highest BCUT2D eigenvalue weighted by molar-refractivity contribution is 7.82. The van der Waals surface area contributed by atoms with Crippen molar-refractivity contribution in [3.63, 3.8) is 0 Å². The Morgan fingerprint density at radius 2 is 1.70 bits per heavy atom. The van der Waals surface area contributed by atoms with Crippen molar-refractivity contribution in [2.45, 2.75) is 63.5 Å². The summed E-state index contributed by atoms with van der Waals surface area (Å²) in [6.07, 6.45) is 6.55. The van der Waals surface area contributed by atoms with Crippen LogP contribution in [-0.2, 0) is 14.4 Å². The smallest absolute Gasteiger partial charge is 0.155 e. The standard InChI is InChI=1S/C19H24O3S/c1-17-10-16(22)19(23)14(13(17)5-6-15(17)21)4-3-11-9-12(20)7-8-18(11,19)2/h9,13-14,23H,3-8,10H2,1-2H3/t13-,14-,17-,18-,19-/m0/s1. The van der Waals surface area contributed by atoms with Gasteiger partial charge in [0.1, 0.15) is 5.78 Å². The highest BCUT2D eigenvalue weighted by Gasteiger charge is 2.68. The molecule has 3 fully saturated rings. The fraction of sp³-hybridized carbons (Fsp3) is 0.737. The first kappa shape index (κ1) is 15.6. The van der Waals surface area contributed by atoms with E-state index in [2.05, 4.69) is 6.92 Å². The van der Waals surface area contributed by atoms with E-state index in [-0.39, 0.29) is 34.6 Å². The van der Waals surface area contributed by atoms with E-state index in [4.69, 9.17) is 12.6 Å². The van der Waals surface area contributed by atoms with Crippen molar-refractivity contribution < 1.29 is 14.4 Å². The molecule has 0 aliphatic heterocycles. The zero-order valence-electron chi connectivity index (χ0n) is 13.9. The third-order valence-corrected chi connectivity index (χ3v) is 8.67. The van der Waals surface area contributed by atoms with Crippen LogP contribution in [0.2, 0.25) is 0 Å². The minimum Gasteiger partial charge on any atom is -0.299 e. The molecule has 5 atom stereocenters. The van der Waals surface area contributed by atoms with Crippen molar-refractivity contribution in [3.8, 4) is 0 Å². The van der Waals surface area contributed by atoms with Crippen molar-refractivity contribution in [1.82, 2.24) is 0 Å². The largest absolute Gasteiger partial charge is 0.299 e. The maximum absolute atomic E-state index is 13.2. The Morgan fingerprint density at radius 1 is 1.00 bits per heavy atom. The van der Waals surface area contributed by atoms with Crippen LogP contribution in [0, 0.1) is 22.7 Å². The van der Waals surface area contributed by atoms with Crippen molar-refractivity contribution in [1.29, 1.82) is 0 Å². The van der Waals surface area contributed by atoms with Crippen LogP contribution < -0.4 is 0 Å². The number of Topliss-reactive ketones (excluding diaryl/α,β-unsaturated/α-hetero) is 2. The second-order valence-corrected chi connectivity index (χ2v) is 9.17. The van der Waals surface area contributed by atoms with E-state index < -0.39 is 10.2 Å². The van der Waals surface area contributed by atoms with Crippen LogP contribution >= 0.6 is 12.6 Å². The molecule has 4 heteroatoms. The quantitative estimate of drug-likeness (QED) is 0.692. The number of allylic oxidation sites excluding steroid dienone is 1. The first-order chi connectivity index (χ1) is 10.7. The summed E-state index contributed by atoms with van der Waals surface area (Å²) in [5.41, 5.74) is 0.300. The van der Waals surface area contributed by atoms with Crippen LogP contribution in [-0.4, -0.2) is 22.1 Å². The number of rotatable bonds is 0. The molecule has 3 nitrogen and oxygen atoms in total. The van der Waals surface area contributed by atoms with Gasteiger partial charge in [0.05, 0.1) is 4.75 Å². The van der Waals surface area contributed by atoms with Crippen LogP contribution in [0.4, 0.5) is 0 Å². The van der Waals surface area contributed by atoms with Gasteiger partial charge in [0.2, 0.25) is 0 Å². The van der Waals surface area contributed by atoms with Crippen LogP contribution in [0.1, 0.15) is 58.8 Å². The summed E-state index contributed by atoms with van der Waals surface area (Å²) in [4.78, 5) is 37.5. The van der Waals surface area contributed by atoms with Gasteiger partial charge >= 0.3 is 0 Å². The molecule has 0 N–H and O–H groups in total. The predicted octanol–water partition coefficient (Wildman–Crippen LogP) is 3.32. The van der Waals surface area contributed by atoms with E-state index in [9.17, 15) is 14.4 Å². The van der Waals surface area contributed by atoms with Gasteiger partial charge in [-0.1, -0.05) is 19.4 Å². The molecule has 4 aliphatic rings. The molecule has 0 saturated heterocycles. The summed E-state index contributed by atoms with van der Waals surface area (Å²) in [6, 6.07) is 0. The summed E-state index contributed by atoms with van der Waals surface area (Å²) < 4.78 is -0.716. The zero-order valence-corrected chi connectivity index (χ0v) is 14.7. The Bertz CT molecular complexity index is 666. The lowest BCUT2D eigenvalue weighted by Crippen LogP contribution is -2.65. The molecule has 4 rings (SSSR count). The third kappa shape index (κ3) is 1.71. The topological polar surface area (TPSA) is 51.2 Å². The molecular weight excluding hydrogens is 308 g/mol. The Balaban J connectivity index is 1.85. The summed E-state index contributed by atoms with van der Waals surface area (Å²) in [6.45, 7) is 4.12. The lowest BCUT2D eigenvalue weighted by molar-refractivity contribution is -0.146. The van der Waals surface area contributed by atoms with Crippen LogP contribution in [0.3, 0.4) is 0 Å². The maximum atomic E-state index is 13.2. The lowest BCUT2D eigenvalue weighted by atomic mass is 9.46. The van der Waals surface area contributed by atoms with Gasteiger partial charge in [0.15, 0.2) is 11.6 Å². The molecular formula is C19H24O3S. The molecule has 124 valence electrons. The molecule has 0 aromatic heterocycles. The molecule has 0 radical (unpaired) electrons. The van der Waals surface area contributed by atoms with E-state index in [1.807, 2.05) is 6.92 Å². The van der Waals surface area contributed by atoms with E-state index in [1.54, 1.807) is 6.08 Å². The molecule has 0 unspecified atom stereocenters. The van der Waals surface area contributed by atoms with E-state index in [0.717, 1.165) is 24.8 Å². The lowest BCUT2D eigenvalue weighted by Gasteiger charge is -2.61. The summed E-state index contributed by atoms with van der Waals surface area (Å²) in [5, 5.41) is 0. The summed E-state index contributed by atoms with van der Waals surface area (Å²) in [5.74, 6) is 0.982. The van der Waals surface area contributed by atoms with E-state index in [1.165, 1.54) is 0 Å². The molecule has 4 aliphatic carbocycles. The summed E-state index contributed by atoms with van der Waals surface area (Å²) >= 11 is 5.04. The van der Waals surface area contributed by atoms with E-state index in [0.29, 0.717) is 25.7 Å². The van der Waals surface area contributed by atoms with Gasteiger partial charge in [0, 0.05) is 30.1 Å². The van der Waals surface area contributed by atoms with Gasteiger partial charge in [-0.2, -0.15) is 12.6 Å². The fourth-order valence-electron chi connectivity index (χ4n) is 6.12. The highest BCUT2D eigenvalue weighted by atomic mass is 32.1.